The summed E-state index contributed by atoms with van der Waals surface area (Å²) in [4.78, 5) is 26.2. The molecule has 1 heterocycles. The summed E-state index contributed by atoms with van der Waals surface area (Å²) in [5, 5.41) is 8.80. The molecule has 3 amide bonds. The van der Waals surface area contributed by atoms with Crippen molar-refractivity contribution in [3.05, 3.63) is 35.4 Å². The summed E-state index contributed by atoms with van der Waals surface area (Å²) >= 11 is 0. The van der Waals surface area contributed by atoms with Crippen LogP contribution in [0.3, 0.4) is 0 Å². The normalized spacial score (nSPS) is 15.2. The van der Waals surface area contributed by atoms with E-state index in [4.69, 9.17) is 0 Å². The molecule has 1 aromatic carbocycles. The number of rotatable bonds is 7. The summed E-state index contributed by atoms with van der Waals surface area (Å²) in [6, 6.07) is 7.45. The second-order valence-corrected chi connectivity index (χ2v) is 7.31. The van der Waals surface area contributed by atoms with Gasteiger partial charge in [0.25, 0.3) is 5.91 Å². The van der Waals surface area contributed by atoms with Gasteiger partial charge in [-0.3, -0.25) is 4.79 Å². The van der Waals surface area contributed by atoms with Crippen molar-refractivity contribution in [2.24, 2.45) is 5.92 Å². The number of carbonyl (C=O) groups excluding carboxylic acids is 2. The highest BCUT2D eigenvalue weighted by atomic mass is 16.2. The van der Waals surface area contributed by atoms with Crippen molar-refractivity contribution in [2.75, 3.05) is 26.7 Å². The average Bonchev–Trinajstić information content (AvgIpc) is 2.64. The molecule has 0 aliphatic carbocycles. The van der Waals surface area contributed by atoms with E-state index in [0.717, 1.165) is 44.0 Å². The molecule has 0 saturated carbocycles. The van der Waals surface area contributed by atoms with Crippen molar-refractivity contribution < 1.29 is 9.59 Å². The fourth-order valence-electron chi connectivity index (χ4n) is 3.22. The van der Waals surface area contributed by atoms with Gasteiger partial charge in [0.1, 0.15) is 0 Å². The van der Waals surface area contributed by atoms with Crippen LogP contribution in [-0.4, -0.2) is 49.6 Å². The van der Waals surface area contributed by atoms with Crippen LogP contribution < -0.4 is 16.0 Å². The maximum atomic E-state index is 12.7. The van der Waals surface area contributed by atoms with Crippen LogP contribution in [0.15, 0.2) is 24.3 Å². The van der Waals surface area contributed by atoms with Crippen LogP contribution in [0.1, 0.15) is 49.0 Å². The Labute approximate surface area is 156 Å². The molecule has 1 saturated heterocycles. The van der Waals surface area contributed by atoms with Crippen molar-refractivity contribution in [1.29, 1.82) is 0 Å². The third-order valence-electron chi connectivity index (χ3n) is 4.78. The van der Waals surface area contributed by atoms with E-state index >= 15 is 0 Å². The number of carbonyl (C=O) groups is 2. The molecular formula is C20H32N4O2. The second-order valence-electron chi connectivity index (χ2n) is 7.31. The van der Waals surface area contributed by atoms with Gasteiger partial charge in [0.15, 0.2) is 0 Å². The predicted molar refractivity (Wildman–Crippen MR) is 104 cm³/mol. The highest BCUT2D eigenvalue weighted by molar-refractivity contribution is 5.94. The molecular weight excluding hydrogens is 328 g/mol. The number of likely N-dealkylation sites (tertiary alicyclic amines) is 1. The summed E-state index contributed by atoms with van der Waals surface area (Å²) in [6.45, 7) is 7.01. The Morgan fingerprint density at radius 2 is 1.81 bits per heavy atom. The molecule has 2 rings (SSSR count). The SMILES string of the molecule is CNCCC1CCN(C(=O)c2ccc(CNC(=O)NC(C)C)cc2)CC1. The zero-order valence-corrected chi connectivity index (χ0v) is 16.2. The Balaban J connectivity index is 1.80. The average molecular weight is 361 g/mol. The van der Waals surface area contributed by atoms with Crippen LogP contribution in [0.2, 0.25) is 0 Å². The maximum absolute atomic E-state index is 12.7. The van der Waals surface area contributed by atoms with E-state index in [1.165, 1.54) is 6.42 Å². The molecule has 0 unspecified atom stereocenters. The van der Waals surface area contributed by atoms with Crippen LogP contribution in [0.4, 0.5) is 4.79 Å². The van der Waals surface area contributed by atoms with E-state index in [1.807, 2.05) is 50.1 Å². The summed E-state index contributed by atoms with van der Waals surface area (Å²) in [5.74, 6) is 0.825. The minimum absolute atomic E-state index is 0.106. The number of benzene rings is 1. The third kappa shape index (κ3) is 6.33. The minimum atomic E-state index is -0.179. The highest BCUT2D eigenvalue weighted by Gasteiger charge is 2.23. The van der Waals surface area contributed by atoms with Crippen LogP contribution in [-0.2, 0) is 6.54 Å². The Morgan fingerprint density at radius 3 is 2.38 bits per heavy atom. The Bertz CT molecular complexity index is 578. The van der Waals surface area contributed by atoms with E-state index < -0.39 is 0 Å². The maximum Gasteiger partial charge on any atom is 0.315 e. The van der Waals surface area contributed by atoms with E-state index in [0.29, 0.717) is 12.1 Å². The zero-order valence-electron chi connectivity index (χ0n) is 16.2. The lowest BCUT2D eigenvalue weighted by Crippen LogP contribution is -2.39. The van der Waals surface area contributed by atoms with Gasteiger partial charge < -0.3 is 20.9 Å². The molecule has 0 radical (unpaired) electrons. The van der Waals surface area contributed by atoms with Crippen LogP contribution in [0.25, 0.3) is 0 Å². The predicted octanol–water partition coefficient (Wildman–Crippen LogP) is 2.36. The largest absolute Gasteiger partial charge is 0.339 e. The van der Waals surface area contributed by atoms with E-state index in [2.05, 4.69) is 16.0 Å². The van der Waals surface area contributed by atoms with Gasteiger partial charge in [-0.25, -0.2) is 4.79 Å². The number of urea groups is 1. The third-order valence-corrected chi connectivity index (χ3v) is 4.78. The van der Waals surface area contributed by atoms with E-state index in [-0.39, 0.29) is 18.0 Å². The standard InChI is InChI=1S/C20H32N4O2/c1-15(2)23-20(26)22-14-17-4-6-18(7-5-17)19(25)24-12-9-16(10-13-24)8-11-21-3/h4-7,15-16,21H,8-14H2,1-3H3,(H2,22,23,26). The Morgan fingerprint density at radius 1 is 1.15 bits per heavy atom. The van der Waals surface area contributed by atoms with Crippen molar-refractivity contribution in [2.45, 2.75) is 45.7 Å². The number of hydrogen-bond donors (Lipinski definition) is 3. The zero-order chi connectivity index (χ0) is 18.9. The van der Waals surface area contributed by atoms with Crippen LogP contribution in [0, 0.1) is 5.92 Å². The van der Waals surface area contributed by atoms with E-state index in [9.17, 15) is 9.59 Å². The molecule has 0 bridgehead atoms. The quantitative estimate of drug-likeness (QED) is 0.699. The van der Waals surface area contributed by atoms with Crippen LogP contribution in [0.5, 0.6) is 0 Å². The van der Waals surface area contributed by atoms with Gasteiger partial charge in [0.2, 0.25) is 0 Å². The topological polar surface area (TPSA) is 73.5 Å². The molecule has 1 aromatic rings. The van der Waals surface area contributed by atoms with Gasteiger partial charge in [-0.2, -0.15) is 0 Å². The van der Waals surface area contributed by atoms with Gasteiger partial charge >= 0.3 is 6.03 Å². The van der Waals surface area contributed by atoms with Gasteiger partial charge in [-0.05, 0) is 70.3 Å². The van der Waals surface area contributed by atoms with Crippen molar-refractivity contribution in [3.8, 4) is 0 Å². The number of piperidine rings is 1. The second kappa shape index (κ2) is 10.2. The summed E-state index contributed by atoms with van der Waals surface area (Å²) in [7, 11) is 1.98. The first-order chi connectivity index (χ1) is 12.5. The summed E-state index contributed by atoms with van der Waals surface area (Å²) in [5.41, 5.74) is 1.69. The monoisotopic (exact) mass is 360 g/mol. The molecule has 1 fully saturated rings. The minimum Gasteiger partial charge on any atom is -0.339 e. The number of hydrogen-bond acceptors (Lipinski definition) is 3. The molecule has 144 valence electrons. The fraction of sp³-hybridized carbons (Fsp3) is 0.600. The lowest BCUT2D eigenvalue weighted by atomic mass is 9.93. The molecule has 0 atom stereocenters. The lowest BCUT2D eigenvalue weighted by Gasteiger charge is -2.32. The smallest absolute Gasteiger partial charge is 0.315 e. The highest BCUT2D eigenvalue weighted by Crippen LogP contribution is 2.21. The molecule has 6 heteroatoms. The first-order valence-electron chi connectivity index (χ1n) is 9.56. The van der Waals surface area contributed by atoms with Crippen LogP contribution >= 0.6 is 0 Å². The number of amides is 3. The fourth-order valence-corrected chi connectivity index (χ4v) is 3.22. The Hall–Kier alpha value is -2.08. The molecule has 6 nitrogen and oxygen atoms in total. The molecule has 26 heavy (non-hydrogen) atoms. The van der Waals surface area contributed by atoms with E-state index in [1.54, 1.807) is 0 Å². The first-order valence-corrected chi connectivity index (χ1v) is 9.56. The molecule has 0 aromatic heterocycles. The Kier molecular flexibility index (Phi) is 7.91. The van der Waals surface area contributed by atoms with Gasteiger partial charge in [0.05, 0.1) is 0 Å². The first kappa shape index (κ1) is 20.2. The molecule has 1 aliphatic heterocycles. The summed E-state index contributed by atoms with van der Waals surface area (Å²) < 4.78 is 0. The molecule has 3 N–H and O–H groups in total. The van der Waals surface area contributed by atoms with Gasteiger partial charge in [-0.15, -0.1) is 0 Å². The van der Waals surface area contributed by atoms with Crippen molar-refractivity contribution in [3.63, 3.8) is 0 Å². The molecule has 1 aliphatic rings. The van der Waals surface area contributed by atoms with Crippen molar-refractivity contribution >= 4 is 11.9 Å². The summed E-state index contributed by atoms with van der Waals surface area (Å²) in [6.07, 6.45) is 3.35. The number of nitrogens with zero attached hydrogens (tertiary/aromatic N) is 1. The lowest BCUT2D eigenvalue weighted by molar-refractivity contribution is 0.0687. The van der Waals surface area contributed by atoms with Gasteiger partial charge in [-0.1, -0.05) is 12.1 Å². The van der Waals surface area contributed by atoms with Crippen molar-refractivity contribution in [1.82, 2.24) is 20.9 Å². The van der Waals surface area contributed by atoms with Gasteiger partial charge in [0, 0.05) is 31.2 Å². The number of nitrogens with one attached hydrogen (secondary N) is 3. The molecule has 0 spiro atoms.